The zero-order valence-electron chi connectivity index (χ0n) is 13.9. The Morgan fingerprint density at radius 1 is 0.808 bits per heavy atom. The first-order valence-electron chi connectivity index (χ1n) is 8.45. The zero-order valence-corrected chi connectivity index (χ0v) is 13.9. The number of aromatic amines is 1. The summed E-state index contributed by atoms with van der Waals surface area (Å²) in [4.78, 5) is 19.3. The van der Waals surface area contributed by atoms with Gasteiger partial charge in [0.1, 0.15) is 0 Å². The fourth-order valence-electron chi connectivity index (χ4n) is 3.49. The summed E-state index contributed by atoms with van der Waals surface area (Å²) in [5, 5.41) is 2.44. The molecule has 0 bridgehead atoms. The number of rotatable bonds is 3. The summed E-state index contributed by atoms with van der Waals surface area (Å²) in [6, 6.07) is 24.4. The van der Waals surface area contributed by atoms with Crippen molar-refractivity contribution in [3.05, 3.63) is 96.6 Å². The Kier molecular flexibility index (Phi) is 3.22. The maximum absolute atomic E-state index is 12.4. The van der Waals surface area contributed by atoms with Crippen molar-refractivity contribution < 1.29 is 4.79 Å². The number of nitrogens with zero attached hydrogens (tertiary/aromatic N) is 2. The number of nitrogens with one attached hydrogen (secondary N) is 1. The van der Waals surface area contributed by atoms with Crippen molar-refractivity contribution in [2.75, 3.05) is 0 Å². The van der Waals surface area contributed by atoms with Gasteiger partial charge in [-0.15, -0.1) is 0 Å². The average Bonchev–Trinajstić information content (AvgIpc) is 3.34. The van der Waals surface area contributed by atoms with E-state index in [4.69, 9.17) is 0 Å². The second-order valence-electron chi connectivity index (χ2n) is 6.18. The molecule has 0 amide bonds. The van der Waals surface area contributed by atoms with Crippen molar-refractivity contribution in [1.82, 2.24) is 14.5 Å². The van der Waals surface area contributed by atoms with Crippen LogP contribution >= 0.6 is 0 Å². The highest BCUT2D eigenvalue weighted by atomic mass is 16.1. The molecule has 5 aromatic rings. The monoisotopic (exact) mass is 337 g/mol. The molecule has 4 nitrogen and oxygen atoms in total. The van der Waals surface area contributed by atoms with E-state index in [9.17, 15) is 4.79 Å². The van der Waals surface area contributed by atoms with Crippen molar-refractivity contribution in [2.45, 2.75) is 0 Å². The standard InChI is InChI=1S/C22H15N3O/c26-21(22-23-13-14-24-22)15-9-11-16(12-10-15)25-19-7-3-1-5-17(19)18-6-2-4-8-20(18)25/h1-14H,(H,23,24). The average molecular weight is 337 g/mol. The molecule has 0 radical (unpaired) electrons. The highest BCUT2D eigenvalue weighted by molar-refractivity contribution is 6.09. The third-order valence-electron chi connectivity index (χ3n) is 4.68. The van der Waals surface area contributed by atoms with Crippen LogP contribution in [0.4, 0.5) is 0 Å². The SMILES string of the molecule is O=C(c1ccc(-n2c3ccccc3c3ccccc32)cc1)c1ncc[nH]1. The van der Waals surface area contributed by atoms with E-state index in [1.165, 1.54) is 10.8 Å². The summed E-state index contributed by atoms with van der Waals surface area (Å²) in [6.07, 6.45) is 3.24. The predicted molar refractivity (Wildman–Crippen MR) is 103 cm³/mol. The second-order valence-corrected chi connectivity index (χ2v) is 6.18. The molecule has 0 spiro atoms. The van der Waals surface area contributed by atoms with Crippen molar-refractivity contribution in [3.8, 4) is 5.69 Å². The second kappa shape index (κ2) is 5.70. The molecule has 0 unspecified atom stereocenters. The van der Waals surface area contributed by atoms with Gasteiger partial charge in [0.15, 0.2) is 5.82 Å². The fourth-order valence-corrected chi connectivity index (χ4v) is 3.49. The number of hydrogen-bond acceptors (Lipinski definition) is 2. The van der Waals surface area contributed by atoms with Gasteiger partial charge in [0.05, 0.1) is 11.0 Å². The van der Waals surface area contributed by atoms with Crippen LogP contribution in [0.1, 0.15) is 16.2 Å². The largest absolute Gasteiger partial charge is 0.342 e. The number of para-hydroxylation sites is 2. The van der Waals surface area contributed by atoms with Gasteiger partial charge in [0, 0.05) is 34.4 Å². The molecule has 0 aliphatic heterocycles. The topological polar surface area (TPSA) is 50.7 Å². The number of imidazole rings is 1. The maximum atomic E-state index is 12.4. The molecule has 0 fully saturated rings. The van der Waals surface area contributed by atoms with Crippen molar-refractivity contribution in [1.29, 1.82) is 0 Å². The van der Waals surface area contributed by atoms with E-state index in [1.54, 1.807) is 12.4 Å². The molecule has 0 aliphatic rings. The predicted octanol–water partition coefficient (Wildman–Crippen LogP) is 4.74. The van der Waals surface area contributed by atoms with Gasteiger partial charge in [-0.1, -0.05) is 36.4 Å². The third-order valence-corrected chi connectivity index (χ3v) is 4.68. The molecule has 0 atom stereocenters. The fraction of sp³-hybridized carbons (Fsp3) is 0. The van der Waals surface area contributed by atoms with Gasteiger partial charge < -0.3 is 9.55 Å². The smallest absolute Gasteiger partial charge is 0.228 e. The third kappa shape index (κ3) is 2.16. The molecule has 0 saturated carbocycles. The molecule has 0 saturated heterocycles. The van der Waals surface area contributed by atoms with E-state index < -0.39 is 0 Å². The molecule has 26 heavy (non-hydrogen) atoms. The lowest BCUT2D eigenvalue weighted by Gasteiger charge is -2.08. The summed E-state index contributed by atoms with van der Waals surface area (Å²) >= 11 is 0. The number of ketones is 1. The minimum absolute atomic E-state index is 0.108. The van der Waals surface area contributed by atoms with Gasteiger partial charge in [-0.3, -0.25) is 4.79 Å². The van der Waals surface area contributed by atoms with Crippen LogP contribution in [0.2, 0.25) is 0 Å². The van der Waals surface area contributed by atoms with E-state index >= 15 is 0 Å². The number of carbonyl (C=O) groups is 1. The number of benzene rings is 3. The normalized spacial score (nSPS) is 11.2. The first kappa shape index (κ1) is 14.7. The van der Waals surface area contributed by atoms with E-state index in [-0.39, 0.29) is 5.78 Å². The zero-order chi connectivity index (χ0) is 17.5. The van der Waals surface area contributed by atoms with Crippen LogP contribution in [0.3, 0.4) is 0 Å². The summed E-state index contributed by atoms with van der Waals surface area (Å²) < 4.78 is 2.23. The molecule has 1 N–H and O–H groups in total. The molecule has 2 heterocycles. The number of carbonyl (C=O) groups excluding carboxylic acids is 1. The van der Waals surface area contributed by atoms with Crippen molar-refractivity contribution >= 4 is 27.6 Å². The number of aromatic nitrogens is 3. The Morgan fingerprint density at radius 3 is 2.00 bits per heavy atom. The number of hydrogen-bond donors (Lipinski definition) is 1. The Hall–Kier alpha value is -3.66. The van der Waals surface area contributed by atoms with E-state index in [2.05, 4.69) is 50.9 Å². The summed E-state index contributed by atoms with van der Waals surface area (Å²) in [5.74, 6) is 0.249. The molecular weight excluding hydrogens is 322 g/mol. The van der Waals surface area contributed by atoms with Crippen LogP contribution in [0, 0.1) is 0 Å². The molecule has 0 aliphatic carbocycles. The molecule has 5 rings (SSSR count). The van der Waals surface area contributed by atoms with Gasteiger partial charge >= 0.3 is 0 Å². The van der Waals surface area contributed by atoms with Crippen LogP contribution in [0.5, 0.6) is 0 Å². The molecule has 124 valence electrons. The molecular formula is C22H15N3O. The maximum Gasteiger partial charge on any atom is 0.228 e. The summed E-state index contributed by atoms with van der Waals surface area (Å²) in [5.41, 5.74) is 3.94. The van der Waals surface area contributed by atoms with Crippen LogP contribution in [-0.2, 0) is 0 Å². The van der Waals surface area contributed by atoms with Crippen LogP contribution in [-0.4, -0.2) is 20.3 Å². The Labute approximate surface area is 149 Å². The van der Waals surface area contributed by atoms with Gasteiger partial charge in [0.25, 0.3) is 0 Å². The lowest BCUT2D eigenvalue weighted by atomic mass is 10.1. The minimum Gasteiger partial charge on any atom is -0.342 e. The minimum atomic E-state index is -0.108. The first-order chi connectivity index (χ1) is 12.8. The van der Waals surface area contributed by atoms with Crippen LogP contribution in [0.15, 0.2) is 85.2 Å². The van der Waals surface area contributed by atoms with E-state index in [0.29, 0.717) is 11.4 Å². The molecule has 3 aromatic carbocycles. The quantitative estimate of drug-likeness (QED) is 0.484. The number of H-pyrrole nitrogens is 1. The van der Waals surface area contributed by atoms with Crippen LogP contribution < -0.4 is 0 Å². The van der Waals surface area contributed by atoms with E-state index in [1.807, 2.05) is 36.4 Å². The van der Waals surface area contributed by atoms with Crippen molar-refractivity contribution in [3.63, 3.8) is 0 Å². The van der Waals surface area contributed by atoms with E-state index in [0.717, 1.165) is 16.7 Å². The van der Waals surface area contributed by atoms with Gasteiger partial charge in [0.2, 0.25) is 5.78 Å². The van der Waals surface area contributed by atoms with Gasteiger partial charge in [-0.05, 0) is 36.4 Å². The summed E-state index contributed by atoms with van der Waals surface area (Å²) in [6.45, 7) is 0. The summed E-state index contributed by atoms with van der Waals surface area (Å²) in [7, 11) is 0. The highest BCUT2D eigenvalue weighted by Gasteiger charge is 2.14. The Morgan fingerprint density at radius 2 is 1.42 bits per heavy atom. The van der Waals surface area contributed by atoms with Gasteiger partial charge in [-0.2, -0.15) is 0 Å². The van der Waals surface area contributed by atoms with Crippen LogP contribution in [0.25, 0.3) is 27.5 Å². The Bertz CT molecular complexity index is 1180. The molecule has 4 heteroatoms. The van der Waals surface area contributed by atoms with Gasteiger partial charge in [-0.25, -0.2) is 4.98 Å². The first-order valence-corrected chi connectivity index (χ1v) is 8.45. The van der Waals surface area contributed by atoms with Crippen molar-refractivity contribution in [2.24, 2.45) is 0 Å². The lowest BCUT2D eigenvalue weighted by molar-refractivity contribution is 0.103. The molecule has 2 aromatic heterocycles. The highest BCUT2D eigenvalue weighted by Crippen LogP contribution is 2.31. The number of fused-ring (bicyclic) bond motifs is 3. The lowest BCUT2D eigenvalue weighted by Crippen LogP contribution is -2.04. The Balaban J connectivity index is 1.67.